The third-order valence-corrected chi connectivity index (χ3v) is 5.11. The quantitative estimate of drug-likeness (QED) is 0.858. The molecule has 20 heavy (non-hydrogen) atoms. The lowest BCUT2D eigenvalue weighted by molar-refractivity contribution is 0.165. The highest BCUT2D eigenvalue weighted by molar-refractivity contribution is 7.12. The fourth-order valence-corrected chi connectivity index (χ4v) is 3.74. The standard InChI is InChI=1S/C17H25NOS/c1-14-6-8-15(9-7-14)18(2)13-17-11-10-16(20-17)5-3-4-12-19/h10-11,14-15,19H,4,6-9,12-13H2,1-2H3. The van der Waals surface area contributed by atoms with Crippen molar-refractivity contribution < 1.29 is 5.11 Å². The molecule has 110 valence electrons. The third-order valence-electron chi connectivity index (χ3n) is 4.12. The molecule has 2 nitrogen and oxygen atoms in total. The van der Waals surface area contributed by atoms with Crippen LogP contribution in [0.5, 0.6) is 0 Å². The zero-order valence-corrected chi connectivity index (χ0v) is 13.4. The van der Waals surface area contributed by atoms with Gasteiger partial charge in [-0.2, -0.15) is 0 Å². The molecule has 0 aliphatic heterocycles. The highest BCUT2D eigenvalue weighted by Crippen LogP contribution is 2.28. The molecule has 3 heteroatoms. The maximum atomic E-state index is 8.73. The molecule has 2 rings (SSSR count). The summed E-state index contributed by atoms with van der Waals surface area (Å²) in [5.74, 6) is 7.01. The maximum Gasteiger partial charge on any atom is 0.0771 e. The van der Waals surface area contributed by atoms with E-state index in [1.54, 1.807) is 11.3 Å². The van der Waals surface area contributed by atoms with Crippen LogP contribution in [0.1, 0.15) is 48.8 Å². The largest absolute Gasteiger partial charge is 0.395 e. The van der Waals surface area contributed by atoms with Crippen molar-refractivity contribution in [2.45, 2.75) is 51.6 Å². The number of hydrogen-bond acceptors (Lipinski definition) is 3. The Labute approximate surface area is 126 Å². The van der Waals surface area contributed by atoms with E-state index in [2.05, 4.69) is 42.8 Å². The van der Waals surface area contributed by atoms with Gasteiger partial charge in [-0.25, -0.2) is 0 Å². The van der Waals surface area contributed by atoms with Crippen molar-refractivity contribution in [2.24, 2.45) is 5.92 Å². The average Bonchev–Trinajstić information content (AvgIpc) is 2.87. The Bertz CT molecular complexity index is 463. The SMILES string of the molecule is CC1CCC(N(C)Cc2ccc(C#CCCO)s2)CC1. The summed E-state index contributed by atoms with van der Waals surface area (Å²) in [5, 5.41) is 8.73. The molecule has 1 aliphatic rings. The topological polar surface area (TPSA) is 23.5 Å². The van der Waals surface area contributed by atoms with E-state index in [0.717, 1.165) is 23.4 Å². The summed E-state index contributed by atoms with van der Waals surface area (Å²) in [6.07, 6.45) is 5.99. The molecule has 1 heterocycles. The van der Waals surface area contributed by atoms with Gasteiger partial charge in [0.2, 0.25) is 0 Å². The van der Waals surface area contributed by atoms with Gasteiger partial charge in [0.25, 0.3) is 0 Å². The molecule has 0 atom stereocenters. The lowest BCUT2D eigenvalue weighted by atomic mass is 9.87. The summed E-state index contributed by atoms with van der Waals surface area (Å²) in [7, 11) is 2.25. The van der Waals surface area contributed by atoms with E-state index >= 15 is 0 Å². The molecule has 0 bridgehead atoms. The molecular formula is C17H25NOS. The summed E-state index contributed by atoms with van der Waals surface area (Å²) in [6.45, 7) is 3.55. The first-order chi connectivity index (χ1) is 9.69. The second-order valence-corrected chi connectivity index (χ2v) is 7.04. The Morgan fingerprint density at radius 2 is 2.05 bits per heavy atom. The lowest BCUT2D eigenvalue weighted by Crippen LogP contribution is -2.34. The van der Waals surface area contributed by atoms with Gasteiger partial charge in [0, 0.05) is 23.9 Å². The van der Waals surface area contributed by atoms with E-state index in [4.69, 9.17) is 5.11 Å². The van der Waals surface area contributed by atoms with Crippen LogP contribution >= 0.6 is 11.3 Å². The zero-order valence-electron chi connectivity index (χ0n) is 12.6. The van der Waals surface area contributed by atoms with Crippen LogP contribution in [0.3, 0.4) is 0 Å². The second kappa shape index (κ2) is 7.83. The van der Waals surface area contributed by atoms with E-state index in [-0.39, 0.29) is 6.61 Å². The molecule has 0 spiro atoms. The molecule has 1 fully saturated rings. The van der Waals surface area contributed by atoms with Crippen LogP contribution in [0.15, 0.2) is 12.1 Å². The van der Waals surface area contributed by atoms with E-state index in [1.165, 1.54) is 30.6 Å². The lowest BCUT2D eigenvalue weighted by Gasteiger charge is -2.33. The molecule has 1 aliphatic carbocycles. The molecule has 0 unspecified atom stereocenters. The van der Waals surface area contributed by atoms with Gasteiger partial charge in [0.15, 0.2) is 0 Å². The van der Waals surface area contributed by atoms with Crippen LogP contribution in [-0.4, -0.2) is 29.7 Å². The summed E-state index contributed by atoms with van der Waals surface area (Å²) in [4.78, 5) is 5.00. The monoisotopic (exact) mass is 291 g/mol. The molecule has 1 N–H and O–H groups in total. The van der Waals surface area contributed by atoms with Gasteiger partial charge in [0.05, 0.1) is 11.5 Å². The van der Waals surface area contributed by atoms with Crippen molar-refractivity contribution in [3.63, 3.8) is 0 Å². The van der Waals surface area contributed by atoms with Crippen LogP contribution in [0, 0.1) is 17.8 Å². The molecule has 1 aromatic heterocycles. The predicted octanol–water partition coefficient (Wildman–Crippen LogP) is 3.49. The van der Waals surface area contributed by atoms with Crippen LogP contribution in [0.4, 0.5) is 0 Å². The van der Waals surface area contributed by atoms with Gasteiger partial charge in [-0.05, 0) is 50.8 Å². The van der Waals surface area contributed by atoms with Crippen molar-refractivity contribution in [1.82, 2.24) is 4.90 Å². The van der Waals surface area contributed by atoms with Gasteiger partial charge in [-0.1, -0.05) is 18.8 Å². The molecule has 0 amide bonds. The predicted molar refractivity (Wildman–Crippen MR) is 85.8 cm³/mol. The van der Waals surface area contributed by atoms with Gasteiger partial charge >= 0.3 is 0 Å². The van der Waals surface area contributed by atoms with Crippen LogP contribution < -0.4 is 0 Å². The van der Waals surface area contributed by atoms with E-state index < -0.39 is 0 Å². The average molecular weight is 291 g/mol. The summed E-state index contributed by atoms with van der Waals surface area (Å²) < 4.78 is 0. The first-order valence-electron chi connectivity index (χ1n) is 7.57. The van der Waals surface area contributed by atoms with Gasteiger partial charge in [-0.3, -0.25) is 4.90 Å². The fraction of sp³-hybridized carbons (Fsp3) is 0.647. The highest BCUT2D eigenvalue weighted by atomic mass is 32.1. The van der Waals surface area contributed by atoms with E-state index in [9.17, 15) is 0 Å². The summed E-state index contributed by atoms with van der Waals surface area (Å²) >= 11 is 1.78. The van der Waals surface area contributed by atoms with E-state index in [0.29, 0.717) is 6.42 Å². The van der Waals surface area contributed by atoms with Crippen molar-refractivity contribution in [3.8, 4) is 11.8 Å². The summed E-state index contributed by atoms with van der Waals surface area (Å²) in [5.41, 5.74) is 0. The maximum absolute atomic E-state index is 8.73. The number of nitrogens with zero attached hydrogens (tertiary/aromatic N) is 1. The third kappa shape index (κ3) is 4.63. The van der Waals surface area contributed by atoms with Crippen molar-refractivity contribution in [2.75, 3.05) is 13.7 Å². The molecule has 0 radical (unpaired) electrons. The Morgan fingerprint density at radius 3 is 2.75 bits per heavy atom. The van der Waals surface area contributed by atoms with E-state index in [1.807, 2.05) is 0 Å². The molecule has 1 aromatic rings. The number of aliphatic hydroxyl groups excluding tert-OH is 1. The van der Waals surface area contributed by atoms with Crippen LogP contribution in [0.2, 0.25) is 0 Å². The zero-order chi connectivity index (χ0) is 14.4. The molecule has 1 saturated carbocycles. The Hall–Kier alpha value is -0.820. The first-order valence-corrected chi connectivity index (χ1v) is 8.39. The van der Waals surface area contributed by atoms with Crippen molar-refractivity contribution >= 4 is 11.3 Å². The Balaban J connectivity index is 1.85. The second-order valence-electron chi connectivity index (χ2n) is 5.87. The Morgan fingerprint density at radius 1 is 1.30 bits per heavy atom. The van der Waals surface area contributed by atoms with Gasteiger partial charge in [0.1, 0.15) is 0 Å². The summed E-state index contributed by atoms with van der Waals surface area (Å²) in [6, 6.07) is 5.04. The van der Waals surface area contributed by atoms with Crippen molar-refractivity contribution in [3.05, 3.63) is 21.9 Å². The number of aliphatic hydroxyl groups is 1. The minimum absolute atomic E-state index is 0.147. The first kappa shape index (κ1) is 15.6. The van der Waals surface area contributed by atoms with Crippen molar-refractivity contribution in [1.29, 1.82) is 0 Å². The normalized spacial score (nSPS) is 22.6. The Kier molecular flexibility index (Phi) is 6.09. The van der Waals surface area contributed by atoms with Crippen LogP contribution in [-0.2, 0) is 6.54 Å². The smallest absolute Gasteiger partial charge is 0.0771 e. The minimum atomic E-state index is 0.147. The number of thiophene rings is 1. The molecular weight excluding hydrogens is 266 g/mol. The molecule has 0 saturated heterocycles. The minimum Gasteiger partial charge on any atom is -0.395 e. The molecule has 0 aromatic carbocycles. The number of rotatable bonds is 4. The number of hydrogen-bond donors (Lipinski definition) is 1. The van der Waals surface area contributed by atoms with Gasteiger partial charge < -0.3 is 5.11 Å². The highest BCUT2D eigenvalue weighted by Gasteiger charge is 2.21. The van der Waals surface area contributed by atoms with Crippen LogP contribution in [0.25, 0.3) is 0 Å². The fourth-order valence-electron chi connectivity index (χ4n) is 2.79. The van der Waals surface area contributed by atoms with Gasteiger partial charge in [-0.15, -0.1) is 11.3 Å².